The molecule has 12 heteroatoms. The van der Waals surface area contributed by atoms with Gasteiger partial charge in [0.25, 0.3) is 0 Å². The van der Waals surface area contributed by atoms with Gasteiger partial charge in [-0.25, -0.2) is 8.78 Å². The van der Waals surface area contributed by atoms with E-state index in [1.807, 2.05) is 0 Å². The van der Waals surface area contributed by atoms with Crippen LogP contribution in [0.2, 0.25) is 0 Å². The lowest BCUT2D eigenvalue weighted by Crippen LogP contribution is -2.48. The van der Waals surface area contributed by atoms with Crippen molar-refractivity contribution in [2.24, 2.45) is 0 Å². The summed E-state index contributed by atoms with van der Waals surface area (Å²) in [7, 11) is -3.48. The third-order valence-electron chi connectivity index (χ3n) is 7.39. The van der Waals surface area contributed by atoms with E-state index in [0.717, 1.165) is 55.5 Å². The summed E-state index contributed by atoms with van der Waals surface area (Å²) >= 11 is -0.300. The molecule has 0 N–H and O–H groups in total. The highest BCUT2D eigenvalue weighted by atomic mass is 32.2. The Balaban J connectivity index is 1.69. The highest BCUT2D eigenvalue weighted by molar-refractivity contribution is 7.98. The van der Waals surface area contributed by atoms with E-state index in [1.165, 1.54) is 0 Å². The lowest BCUT2D eigenvalue weighted by molar-refractivity contribution is -0.137. The van der Waals surface area contributed by atoms with E-state index in [-0.39, 0.29) is 22.9 Å². The number of nitrogens with zero attached hydrogens (tertiary/aromatic N) is 3. The number of carbonyl (C=O) groups is 1. The van der Waals surface area contributed by atoms with Crippen molar-refractivity contribution in [2.75, 3.05) is 33.1 Å². The van der Waals surface area contributed by atoms with Crippen molar-refractivity contribution in [1.82, 2.24) is 14.4 Å². The molecule has 0 aliphatic carbocycles. The number of likely N-dealkylation sites (tertiary alicyclic amines) is 1. The van der Waals surface area contributed by atoms with E-state index in [9.17, 15) is 32.0 Å². The number of hydrogen-bond donors (Lipinski definition) is 0. The molecule has 6 rings (SSSR count). The molecule has 1 fully saturated rings. The summed E-state index contributed by atoms with van der Waals surface area (Å²) in [4.78, 5) is 28.2. The van der Waals surface area contributed by atoms with Crippen LogP contribution in [0.5, 0.6) is 0 Å². The number of carbonyl (C=O) groups excluding carboxylic acids is 1. The van der Waals surface area contributed by atoms with Crippen molar-refractivity contribution >= 4 is 28.6 Å². The number of methoxy groups -OCH3 is 1. The fourth-order valence-corrected chi connectivity index (χ4v) is 5.61. The average Bonchev–Trinajstić information content (AvgIpc) is 3.28. The molecule has 0 bridgehead atoms. The van der Waals surface area contributed by atoms with E-state index >= 15 is 9.18 Å². The molecule has 5 aromatic rings. The first kappa shape index (κ1) is 19.2. The normalized spacial score (nSPS) is 25.7. The van der Waals surface area contributed by atoms with E-state index in [0.29, 0.717) is 22.8 Å². The lowest BCUT2D eigenvalue weighted by Gasteiger charge is -2.39. The Morgan fingerprint density at radius 1 is 1.06 bits per heavy atom. The first-order chi connectivity index (χ1) is 33.9. The fourth-order valence-electron chi connectivity index (χ4n) is 4.83. The fraction of sp³-hybridized carbons (Fsp3) is 0.317. The van der Waals surface area contributed by atoms with Crippen LogP contribution in [0.3, 0.4) is 0 Å². The van der Waals surface area contributed by atoms with Gasteiger partial charge in [-0.1, -0.05) is 54.6 Å². The lowest BCUT2D eigenvalue weighted by atomic mass is 10.00. The number of pyridine rings is 1. The van der Waals surface area contributed by atoms with Crippen LogP contribution >= 0.6 is 11.8 Å². The minimum Gasteiger partial charge on any atom is -0.383 e. The number of piperidine rings is 1. The third-order valence-corrected chi connectivity index (χ3v) is 8.23. The summed E-state index contributed by atoms with van der Waals surface area (Å²) in [5, 5.41) is -2.12. The molecule has 0 saturated carbocycles. The largest absolute Gasteiger partial charge is 0.416 e. The number of ether oxygens (including phenoxy) is 1. The van der Waals surface area contributed by atoms with Gasteiger partial charge < -0.3 is 19.1 Å². The molecule has 1 aliphatic rings. The van der Waals surface area contributed by atoms with Gasteiger partial charge in [0.2, 0.25) is 5.91 Å². The maximum atomic E-state index is 15.6. The van der Waals surface area contributed by atoms with Crippen LogP contribution in [-0.2, 0) is 34.5 Å². The predicted molar refractivity (Wildman–Crippen MR) is 198 cm³/mol. The molecule has 1 amide bonds. The minimum atomic E-state index is -4.75. The first-order valence-corrected chi connectivity index (χ1v) is 16.0. The molecular formula is C41H40F5N3O3S. The van der Waals surface area contributed by atoms with Crippen LogP contribution in [0.4, 0.5) is 22.0 Å². The Morgan fingerprint density at radius 3 is 2.43 bits per heavy atom. The molecule has 0 spiro atoms. The molecule has 1 aliphatic heterocycles. The zero-order chi connectivity index (χ0) is 57.2. The summed E-state index contributed by atoms with van der Waals surface area (Å²) < 4.78 is 269. The van der Waals surface area contributed by atoms with Gasteiger partial charge in [0, 0.05) is 78.2 Å². The highest BCUT2D eigenvalue weighted by Gasteiger charge is 2.31. The van der Waals surface area contributed by atoms with Gasteiger partial charge in [0.15, 0.2) is 17.1 Å². The Labute approximate surface area is 340 Å². The molecule has 278 valence electrons. The second-order valence-electron chi connectivity index (χ2n) is 11.0. The molecule has 2 heterocycles. The van der Waals surface area contributed by atoms with Crippen molar-refractivity contribution in [3.8, 4) is 11.1 Å². The van der Waals surface area contributed by atoms with Crippen LogP contribution in [0.1, 0.15) is 65.2 Å². The van der Waals surface area contributed by atoms with Crippen molar-refractivity contribution < 1.29 is 61.6 Å². The number of thioether (sulfide) groups is 1. The van der Waals surface area contributed by atoms with Crippen LogP contribution in [0.25, 0.3) is 22.0 Å². The van der Waals surface area contributed by atoms with E-state index in [2.05, 4.69) is 4.74 Å². The van der Waals surface area contributed by atoms with Crippen molar-refractivity contribution in [2.45, 2.75) is 55.6 Å². The Hall–Kier alpha value is -4.52. The summed E-state index contributed by atoms with van der Waals surface area (Å²) in [5.41, 5.74) is -9.09. The highest BCUT2D eigenvalue weighted by Crippen LogP contribution is 2.32. The summed E-state index contributed by atoms with van der Waals surface area (Å²) in [6.07, 6.45) is -14.1. The van der Waals surface area contributed by atoms with Gasteiger partial charge in [0.05, 0.1) is 36.4 Å². The number of rotatable bonds is 12. The molecule has 0 unspecified atom stereocenters. The number of aromatic nitrogens is 1. The Kier molecular flexibility index (Phi) is 6.03. The molecule has 0 radical (unpaired) electrons. The topological polar surface area (TPSA) is 54.8 Å². The summed E-state index contributed by atoms with van der Waals surface area (Å²) in [6.45, 7) is -19.5. The Bertz CT molecular complexity index is 3110. The standard InChI is InChI=1S/C41H40F5N3O3S/c1-27-6-15-34-36(22-27)49(39(23-37(34)50)53-26-31-4-3-5-35(42)40(31)43)25-38(51)48(33-16-18-47(19-17-33)20-21-52-2)24-28-7-9-29(10-8-28)30-11-13-32(14-12-30)41(44,45)46/h3-15,22-23,33H,16-21,24-26H2,1-2H3/i2D3,6D,15D,16D2,17D2,18D2,19D2,20D2,22D,23D,24D2,26D2,33D. The minimum absolute atomic E-state index is 0.0431. The summed E-state index contributed by atoms with van der Waals surface area (Å²) in [6, 6.07) is 0.527. The van der Waals surface area contributed by atoms with Gasteiger partial charge in [-0.05, 0) is 72.2 Å². The van der Waals surface area contributed by atoms with E-state index < -0.39 is 172 Å². The van der Waals surface area contributed by atoms with Gasteiger partial charge in [-0.15, -0.1) is 11.8 Å². The second-order valence-corrected chi connectivity index (χ2v) is 11.8. The first-order valence-electron chi connectivity index (χ1n) is 26.2. The Morgan fingerprint density at radius 2 is 1.75 bits per heavy atom. The smallest absolute Gasteiger partial charge is 0.383 e. The number of alkyl halides is 3. The molecule has 53 heavy (non-hydrogen) atoms. The number of hydrogen-bond acceptors (Lipinski definition) is 5. The molecule has 6 nitrogen and oxygen atoms in total. The van der Waals surface area contributed by atoms with E-state index in [4.69, 9.17) is 20.6 Å². The zero-order valence-electron chi connectivity index (χ0n) is 49.1. The summed E-state index contributed by atoms with van der Waals surface area (Å²) in [5.74, 6) is -5.55. The maximum Gasteiger partial charge on any atom is 0.416 e. The maximum absolute atomic E-state index is 15.6. The molecule has 1 saturated heterocycles. The third kappa shape index (κ3) is 9.17. The monoisotopic (exact) mass is 771 g/mol. The second kappa shape index (κ2) is 16.7. The van der Waals surface area contributed by atoms with Gasteiger partial charge in [0.1, 0.15) is 6.54 Å². The van der Waals surface area contributed by atoms with E-state index in [1.54, 1.807) is 0 Å². The number of benzene rings is 4. The van der Waals surface area contributed by atoms with Gasteiger partial charge in [-0.2, -0.15) is 13.2 Å². The number of amides is 1. The average molecular weight is 772 g/mol. The SMILES string of the molecule is [2H]c1c(C)c([2H])c2c(c1[2H])c(=O)c([2H])c(SC([2H])([2H])c1cccc(F)c1F)n2CC(=O)N(C([2H])([2H])c1ccc(-c2ccc(C(F)(F)F)cc2)cc1)C1([2H])C([2H])([2H])C([2H])([2H])N(C([2H])([2H])COC([2H])([2H])[2H])C([2H])([2H])C1([2H])[2H]. The van der Waals surface area contributed by atoms with Gasteiger partial charge >= 0.3 is 6.18 Å². The molecular weight excluding hydrogens is 710 g/mol. The van der Waals surface area contributed by atoms with Crippen LogP contribution < -0.4 is 5.43 Å². The van der Waals surface area contributed by atoms with Gasteiger partial charge in [-0.3, -0.25) is 9.59 Å². The van der Waals surface area contributed by atoms with Crippen molar-refractivity contribution in [3.63, 3.8) is 0 Å². The number of halogens is 5. The van der Waals surface area contributed by atoms with Crippen molar-refractivity contribution in [1.29, 1.82) is 0 Å². The molecule has 0 atom stereocenters. The van der Waals surface area contributed by atoms with Crippen LogP contribution in [0.15, 0.2) is 101 Å². The number of fused-ring (bicyclic) bond motifs is 1. The zero-order valence-corrected chi connectivity index (χ0v) is 27.9. The molecule has 1 aromatic heterocycles. The molecule has 4 aromatic carbocycles. The predicted octanol–water partition coefficient (Wildman–Crippen LogP) is 8.71. The van der Waals surface area contributed by atoms with Crippen molar-refractivity contribution in [3.05, 3.63) is 135 Å². The quantitative estimate of drug-likeness (QED) is 0.0939. The van der Waals surface area contributed by atoms with Crippen LogP contribution in [0, 0.1) is 18.6 Å². The van der Waals surface area contributed by atoms with Crippen LogP contribution in [-0.4, -0.2) is 59.4 Å².